The second-order valence-corrected chi connectivity index (χ2v) is 5.80. The second-order valence-electron chi connectivity index (χ2n) is 5.80. The van der Waals surface area contributed by atoms with Crippen LogP contribution in [0.5, 0.6) is 0 Å². The molecule has 0 amide bonds. The molecule has 1 aliphatic carbocycles. The van der Waals surface area contributed by atoms with Gasteiger partial charge in [0.2, 0.25) is 0 Å². The van der Waals surface area contributed by atoms with Crippen LogP contribution >= 0.6 is 0 Å². The molecule has 3 heteroatoms. The summed E-state index contributed by atoms with van der Waals surface area (Å²) in [6.07, 6.45) is 7.52. The standard InChI is InChI=1S/C14H25N3/c1-16-9-5-7-13(16)11-17(2)14-8-4-3-6-12(14)10-15/h12-14H,3-9,11H2,1-2H3. The number of nitrogens with zero attached hydrogens (tertiary/aromatic N) is 3. The molecule has 0 aromatic heterocycles. The van der Waals surface area contributed by atoms with E-state index in [2.05, 4.69) is 30.0 Å². The van der Waals surface area contributed by atoms with Gasteiger partial charge in [-0.1, -0.05) is 12.8 Å². The number of likely N-dealkylation sites (N-methyl/N-ethyl adjacent to an activating group) is 2. The first kappa shape index (κ1) is 12.9. The summed E-state index contributed by atoms with van der Waals surface area (Å²) in [5, 5.41) is 9.24. The van der Waals surface area contributed by atoms with Crippen molar-refractivity contribution in [1.82, 2.24) is 9.80 Å². The van der Waals surface area contributed by atoms with E-state index >= 15 is 0 Å². The average molecular weight is 235 g/mol. The minimum Gasteiger partial charge on any atom is -0.302 e. The van der Waals surface area contributed by atoms with Gasteiger partial charge in [-0.2, -0.15) is 5.26 Å². The zero-order valence-electron chi connectivity index (χ0n) is 11.2. The highest BCUT2D eigenvalue weighted by Crippen LogP contribution is 2.28. The lowest BCUT2D eigenvalue weighted by Gasteiger charge is -2.37. The van der Waals surface area contributed by atoms with Crippen LogP contribution in [0, 0.1) is 17.2 Å². The Morgan fingerprint density at radius 1 is 1.24 bits per heavy atom. The first-order valence-electron chi connectivity index (χ1n) is 7.02. The van der Waals surface area contributed by atoms with Crippen LogP contribution in [0.25, 0.3) is 0 Å². The first-order valence-corrected chi connectivity index (χ1v) is 7.02. The van der Waals surface area contributed by atoms with E-state index in [0.29, 0.717) is 12.1 Å². The number of hydrogen-bond donors (Lipinski definition) is 0. The third-order valence-corrected chi connectivity index (χ3v) is 4.63. The Morgan fingerprint density at radius 2 is 2.00 bits per heavy atom. The summed E-state index contributed by atoms with van der Waals surface area (Å²) in [5.74, 6) is 0.264. The molecular formula is C14H25N3. The van der Waals surface area contributed by atoms with Gasteiger partial charge in [0.05, 0.1) is 12.0 Å². The highest BCUT2D eigenvalue weighted by molar-refractivity contribution is 4.96. The quantitative estimate of drug-likeness (QED) is 0.750. The first-order chi connectivity index (χ1) is 8.22. The van der Waals surface area contributed by atoms with Crippen molar-refractivity contribution in [3.63, 3.8) is 0 Å². The van der Waals surface area contributed by atoms with Crippen molar-refractivity contribution in [3.8, 4) is 6.07 Å². The summed E-state index contributed by atoms with van der Waals surface area (Å²) in [6, 6.07) is 3.73. The highest BCUT2D eigenvalue weighted by atomic mass is 15.2. The lowest BCUT2D eigenvalue weighted by atomic mass is 9.84. The van der Waals surface area contributed by atoms with Gasteiger partial charge in [-0.3, -0.25) is 0 Å². The number of rotatable bonds is 3. The number of hydrogen-bond acceptors (Lipinski definition) is 3. The van der Waals surface area contributed by atoms with Gasteiger partial charge in [0.25, 0.3) is 0 Å². The Bertz CT molecular complexity index is 284. The van der Waals surface area contributed by atoms with Gasteiger partial charge in [0.1, 0.15) is 0 Å². The monoisotopic (exact) mass is 235 g/mol. The van der Waals surface area contributed by atoms with Gasteiger partial charge >= 0.3 is 0 Å². The van der Waals surface area contributed by atoms with E-state index in [1.807, 2.05) is 0 Å². The van der Waals surface area contributed by atoms with Crippen molar-refractivity contribution >= 4 is 0 Å². The molecule has 3 nitrogen and oxygen atoms in total. The van der Waals surface area contributed by atoms with Gasteiger partial charge in [-0.25, -0.2) is 0 Å². The molecule has 3 atom stereocenters. The van der Waals surface area contributed by atoms with Gasteiger partial charge in [-0.15, -0.1) is 0 Å². The highest BCUT2D eigenvalue weighted by Gasteiger charge is 2.31. The Hall–Kier alpha value is -0.590. The van der Waals surface area contributed by atoms with Crippen molar-refractivity contribution in [2.24, 2.45) is 5.92 Å². The molecule has 1 saturated carbocycles. The molecule has 2 rings (SSSR count). The molecule has 96 valence electrons. The van der Waals surface area contributed by atoms with Crippen LogP contribution in [0.3, 0.4) is 0 Å². The normalized spacial score (nSPS) is 35.1. The molecule has 2 aliphatic rings. The van der Waals surface area contributed by atoms with Gasteiger partial charge in [-0.05, 0) is 46.3 Å². The third kappa shape index (κ3) is 3.00. The minimum atomic E-state index is 0.264. The Kier molecular flexibility index (Phi) is 4.42. The molecule has 0 aromatic rings. The maximum Gasteiger partial charge on any atom is 0.0672 e. The van der Waals surface area contributed by atoms with Crippen LogP contribution in [0.1, 0.15) is 38.5 Å². The van der Waals surface area contributed by atoms with Crippen molar-refractivity contribution in [2.45, 2.75) is 50.6 Å². The van der Waals surface area contributed by atoms with Gasteiger partial charge in [0.15, 0.2) is 0 Å². The SMILES string of the molecule is CN1CCCC1CN(C)C1CCCCC1C#N. The molecule has 0 N–H and O–H groups in total. The van der Waals surface area contributed by atoms with E-state index in [1.165, 1.54) is 38.6 Å². The lowest BCUT2D eigenvalue weighted by Crippen LogP contribution is -2.45. The maximum atomic E-state index is 9.24. The zero-order chi connectivity index (χ0) is 12.3. The van der Waals surface area contributed by atoms with Crippen LogP contribution in [-0.4, -0.2) is 49.1 Å². The van der Waals surface area contributed by atoms with Crippen LogP contribution in [-0.2, 0) is 0 Å². The van der Waals surface area contributed by atoms with Gasteiger partial charge in [0, 0.05) is 18.6 Å². The number of nitriles is 1. The average Bonchev–Trinajstić information content (AvgIpc) is 2.75. The topological polar surface area (TPSA) is 30.3 Å². The summed E-state index contributed by atoms with van der Waals surface area (Å²) in [4.78, 5) is 4.93. The molecule has 1 saturated heterocycles. The summed E-state index contributed by atoms with van der Waals surface area (Å²) in [5.41, 5.74) is 0. The van der Waals surface area contributed by atoms with Crippen LogP contribution in [0.2, 0.25) is 0 Å². The van der Waals surface area contributed by atoms with E-state index in [0.717, 1.165) is 13.0 Å². The summed E-state index contributed by atoms with van der Waals surface area (Å²) in [7, 11) is 4.45. The van der Waals surface area contributed by atoms with Crippen LogP contribution in [0.15, 0.2) is 0 Å². The molecule has 2 fully saturated rings. The molecule has 0 bridgehead atoms. The van der Waals surface area contributed by atoms with Crippen LogP contribution in [0.4, 0.5) is 0 Å². The predicted octanol–water partition coefficient (Wildman–Crippen LogP) is 2.09. The fourth-order valence-corrected chi connectivity index (χ4v) is 3.47. The molecule has 0 spiro atoms. The van der Waals surface area contributed by atoms with E-state index < -0.39 is 0 Å². The molecule has 0 radical (unpaired) electrons. The van der Waals surface area contributed by atoms with Crippen LogP contribution < -0.4 is 0 Å². The van der Waals surface area contributed by atoms with Crippen molar-refractivity contribution in [1.29, 1.82) is 5.26 Å². The Morgan fingerprint density at radius 3 is 2.65 bits per heavy atom. The minimum absolute atomic E-state index is 0.264. The fourth-order valence-electron chi connectivity index (χ4n) is 3.47. The second kappa shape index (κ2) is 5.84. The summed E-state index contributed by atoms with van der Waals surface area (Å²) < 4.78 is 0. The fraction of sp³-hybridized carbons (Fsp3) is 0.929. The Labute approximate surface area is 105 Å². The van der Waals surface area contributed by atoms with Gasteiger partial charge < -0.3 is 9.80 Å². The molecule has 0 aromatic carbocycles. The van der Waals surface area contributed by atoms with E-state index in [4.69, 9.17) is 0 Å². The lowest BCUT2D eigenvalue weighted by molar-refractivity contribution is 0.124. The maximum absolute atomic E-state index is 9.24. The van der Waals surface area contributed by atoms with E-state index in [9.17, 15) is 5.26 Å². The Balaban J connectivity index is 1.89. The van der Waals surface area contributed by atoms with E-state index in [1.54, 1.807) is 0 Å². The predicted molar refractivity (Wildman–Crippen MR) is 69.6 cm³/mol. The van der Waals surface area contributed by atoms with Crippen molar-refractivity contribution in [2.75, 3.05) is 27.2 Å². The largest absolute Gasteiger partial charge is 0.302 e. The van der Waals surface area contributed by atoms with Crippen molar-refractivity contribution < 1.29 is 0 Å². The molecule has 1 aliphatic heterocycles. The molecule has 1 heterocycles. The summed E-state index contributed by atoms with van der Waals surface area (Å²) in [6.45, 7) is 2.38. The van der Waals surface area contributed by atoms with E-state index in [-0.39, 0.29) is 5.92 Å². The molecule has 3 unspecified atom stereocenters. The zero-order valence-corrected chi connectivity index (χ0v) is 11.2. The third-order valence-electron chi connectivity index (χ3n) is 4.63. The van der Waals surface area contributed by atoms with Crippen molar-refractivity contribution in [3.05, 3.63) is 0 Å². The molecule has 17 heavy (non-hydrogen) atoms. The number of likely N-dealkylation sites (tertiary alicyclic amines) is 1. The smallest absolute Gasteiger partial charge is 0.0672 e. The summed E-state index contributed by atoms with van der Waals surface area (Å²) >= 11 is 0. The molecular weight excluding hydrogens is 210 g/mol.